The highest BCUT2D eigenvalue weighted by Crippen LogP contribution is 2.12. The first kappa shape index (κ1) is 14.6. The van der Waals surface area contributed by atoms with Gasteiger partial charge in [0.15, 0.2) is 5.96 Å². The molecule has 0 bridgehead atoms. The van der Waals surface area contributed by atoms with Gasteiger partial charge in [0.25, 0.3) is 0 Å². The van der Waals surface area contributed by atoms with Gasteiger partial charge in [-0.15, -0.1) is 0 Å². The van der Waals surface area contributed by atoms with Crippen LogP contribution < -0.4 is 10.6 Å². The first-order chi connectivity index (χ1) is 8.77. The van der Waals surface area contributed by atoms with E-state index in [0.717, 1.165) is 31.9 Å². The van der Waals surface area contributed by atoms with Crippen molar-refractivity contribution in [2.45, 2.75) is 32.8 Å². The molecule has 0 amide bonds. The van der Waals surface area contributed by atoms with Crippen molar-refractivity contribution in [1.82, 2.24) is 10.6 Å². The Balaban J connectivity index is 2.43. The highest BCUT2D eigenvalue weighted by atomic mass is 16.4. The van der Waals surface area contributed by atoms with Gasteiger partial charge in [0.2, 0.25) is 0 Å². The number of furan rings is 1. The summed E-state index contributed by atoms with van der Waals surface area (Å²) in [6.07, 6.45) is 3.10. The van der Waals surface area contributed by atoms with Crippen LogP contribution >= 0.6 is 0 Å². The average molecular weight is 253 g/mol. The maximum atomic E-state index is 9.84. The first-order valence-electron chi connectivity index (χ1n) is 6.51. The summed E-state index contributed by atoms with van der Waals surface area (Å²) in [5.41, 5.74) is 0. The van der Waals surface area contributed by atoms with Crippen LogP contribution in [0.25, 0.3) is 0 Å². The third-order valence-electron chi connectivity index (χ3n) is 2.46. The van der Waals surface area contributed by atoms with Crippen molar-refractivity contribution in [2.75, 3.05) is 19.6 Å². The summed E-state index contributed by atoms with van der Waals surface area (Å²) < 4.78 is 5.13. The second-order valence-electron chi connectivity index (χ2n) is 4.03. The van der Waals surface area contributed by atoms with Crippen molar-refractivity contribution < 1.29 is 9.52 Å². The molecular formula is C13H23N3O2. The highest BCUT2D eigenvalue weighted by molar-refractivity contribution is 5.79. The number of guanidine groups is 1. The van der Waals surface area contributed by atoms with Gasteiger partial charge in [-0.25, -0.2) is 0 Å². The summed E-state index contributed by atoms with van der Waals surface area (Å²) in [6, 6.07) is 3.50. The molecule has 0 aliphatic heterocycles. The Labute approximate surface area is 108 Å². The molecule has 0 spiro atoms. The Kier molecular flexibility index (Phi) is 6.94. The standard InChI is InChI=1S/C13H23N3O2/c1-3-5-8-15-13(14-4-2)16-10-11(17)12-7-6-9-18-12/h6-7,9,11,17H,3-5,8,10H2,1-2H3,(H2,14,15,16). The number of hydrogen-bond donors (Lipinski definition) is 3. The van der Waals surface area contributed by atoms with Crippen LogP contribution in [0.5, 0.6) is 0 Å². The summed E-state index contributed by atoms with van der Waals surface area (Å²) >= 11 is 0. The van der Waals surface area contributed by atoms with E-state index in [2.05, 4.69) is 22.5 Å². The maximum absolute atomic E-state index is 9.84. The zero-order valence-electron chi connectivity index (χ0n) is 11.1. The monoisotopic (exact) mass is 253 g/mol. The van der Waals surface area contributed by atoms with Gasteiger partial charge in [-0.05, 0) is 25.5 Å². The third-order valence-corrected chi connectivity index (χ3v) is 2.46. The van der Waals surface area contributed by atoms with Crippen LogP contribution in [0.1, 0.15) is 38.6 Å². The molecule has 1 aromatic rings. The van der Waals surface area contributed by atoms with Gasteiger partial charge in [-0.1, -0.05) is 13.3 Å². The minimum Gasteiger partial charge on any atom is -0.467 e. The van der Waals surface area contributed by atoms with Crippen molar-refractivity contribution in [2.24, 2.45) is 4.99 Å². The van der Waals surface area contributed by atoms with Crippen LogP contribution in [0.4, 0.5) is 0 Å². The molecule has 0 radical (unpaired) electrons. The SMILES string of the molecule is CCCCNC(=NCC(O)c1ccco1)NCC. The van der Waals surface area contributed by atoms with E-state index in [-0.39, 0.29) is 6.54 Å². The van der Waals surface area contributed by atoms with Gasteiger partial charge in [0.1, 0.15) is 11.9 Å². The lowest BCUT2D eigenvalue weighted by Crippen LogP contribution is -2.38. The first-order valence-corrected chi connectivity index (χ1v) is 6.51. The maximum Gasteiger partial charge on any atom is 0.191 e. The average Bonchev–Trinajstić information content (AvgIpc) is 2.89. The predicted octanol–water partition coefficient (Wildman–Crippen LogP) is 1.67. The largest absolute Gasteiger partial charge is 0.467 e. The quantitative estimate of drug-likeness (QED) is 0.393. The number of nitrogens with one attached hydrogen (secondary N) is 2. The van der Waals surface area contributed by atoms with Crippen molar-refractivity contribution in [3.05, 3.63) is 24.2 Å². The molecule has 5 heteroatoms. The van der Waals surface area contributed by atoms with Crippen LogP contribution in [-0.2, 0) is 0 Å². The molecule has 0 aliphatic carbocycles. The van der Waals surface area contributed by atoms with E-state index in [4.69, 9.17) is 4.42 Å². The summed E-state index contributed by atoms with van der Waals surface area (Å²) in [7, 11) is 0. The van der Waals surface area contributed by atoms with E-state index in [1.54, 1.807) is 18.4 Å². The highest BCUT2D eigenvalue weighted by Gasteiger charge is 2.09. The zero-order chi connectivity index (χ0) is 13.2. The second kappa shape index (κ2) is 8.58. The molecule has 102 valence electrons. The zero-order valence-corrected chi connectivity index (χ0v) is 11.1. The molecule has 0 saturated carbocycles. The smallest absolute Gasteiger partial charge is 0.191 e. The number of unbranched alkanes of at least 4 members (excludes halogenated alkanes) is 1. The van der Waals surface area contributed by atoms with Crippen molar-refractivity contribution >= 4 is 5.96 Å². The summed E-state index contributed by atoms with van der Waals surface area (Å²) in [4.78, 5) is 4.33. The van der Waals surface area contributed by atoms with Gasteiger partial charge in [-0.3, -0.25) is 4.99 Å². The van der Waals surface area contributed by atoms with Gasteiger partial charge < -0.3 is 20.2 Å². The van der Waals surface area contributed by atoms with Gasteiger partial charge in [0, 0.05) is 13.1 Å². The fraction of sp³-hybridized carbons (Fsp3) is 0.615. The molecule has 1 heterocycles. The van der Waals surface area contributed by atoms with Crippen molar-refractivity contribution in [3.63, 3.8) is 0 Å². The molecule has 1 atom stereocenters. The molecule has 0 fully saturated rings. The summed E-state index contributed by atoms with van der Waals surface area (Å²) in [6.45, 7) is 6.13. The molecule has 0 saturated heterocycles. The van der Waals surface area contributed by atoms with E-state index in [1.807, 2.05) is 6.92 Å². The number of rotatable bonds is 7. The lowest BCUT2D eigenvalue weighted by Gasteiger charge is -2.11. The van der Waals surface area contributed by atoms with E-state index in [0.29, 0.717) is 5.76 Å². The van der Waals surface area contributed by atoms with Crippen molar-refractivity contribution in [1.29, 1.82) is 0 Å². The topological polar surface area (TPSA) is 69.8 Å². The van der Waals surface area contributed by atoms with E-state index in [9.17, 15) is 5.11 Å². The molecule has 0 aliphatic rings. The fourth-order valence-electron chi connectivity index (χ4n) is 1.47. The molecule has 1 aromatic heterocycles. The molecule has 5 nitrogen and oxygen atoms in total. The summed E-state index contributed by atoms with van der Waals surface area (Å²) in [5, 5.41) is 16.2. The number of hydrogen-bond acceptors (Lipinski definition) is 3. The molecular weight excluding hydrogens is 230 g/mol. The minimum absolute atomic E-state index is 0.287. The van der Waals surface area contributed by atoms with E-state index in [1.165, 1.54) is 0 Å². The van der Waals surface area contributed by atoms with Crippen LogP contribution in [0.2, 0.25) is 0 Å². The number of aliphatic hydroxyl groups is 1. The predicted molar refractivity (Wildman–Crippen MR) is 72.6 cm³/mol. The molecule has 3 N–H and O–H groups in total. The number of nitrogens with zero attached hydrogens (tertiary/aromatic N) is 1. The Morgan fingerprint density at radius 1 is 1.44 bits per heavy atom. The Hall–Kier alpha value is -1.49. The van der Waals surface area contributed by atoms with Crippen LogP contribution in [0.15, 0.2) is 27.8 Å². The van der Waals surface area contributed by atoms with Gasteiger partial charge in [-0.2, -0.15) is 0 Å². The Bertz CT molecular complexity index is 336. The fourth-order valence-corrected chi connectivity index (χ4v) is 1.47. The van der Waals surface area contributed by atoms with Crippen molar-refractivity contribution in [3.8, 4) is 0 Å². The second-order valence-corrected chi connectivity index (χ2v) is 4.03. The summed E-state index contributed by atoms with van der Waals surface area (Å²) in [5.74, 6) is 1.28. The molecule has 18 heavy (non-hydrogen) atoms. The lowest BCUT2D eigenvalue weighted by molar-refractivity contribution is 0.158. The normalized spacial score (nSPS) is 13.4. The van der Waals surface area contributed by atoms with E-state index < -0.39 is 6.10 Å². The lowest BCUT2D eigenvalue weighted by atomic mass is 10.3. The Morgan fingerprint density at radius 2 is 2.28 bits per heavy atom. The minimum atomic E-state index is -0.693. The van der Waals surface area contributed by atoms with Crippen LogP contribution in [0, 0.1) is 0 Å². The number of aliphatic imine (C=N–C) groups is 1. The molecule has 1 rings (SSSR count). The van der Waals surface area contributed by atoms with Gasteiger partial charge in [0.05, 0.1) is 12.8 Å². The number of aliphatic hydroxyl groups excluding tert-OH is 1. The molecule has 1 unspecified atom stereocenters. The van der Waals surface area contributed by atoms with Crippen LogP contribution in [0.3, 0.4) is 0 Å². The Morgan fingerprint density at radius 3 is 2.89 bits per heavy atom. The third kappa shape index (κ3) is 5.23. The molecule has 0 aromatic carbocycles. The van der Waals surface area contributed by atoms with E-state index >= 15 is 0 Å². The van der Waals surface area contributed by atoms with Crippen LogP contribution in [-0.4, -0.2) is 30.7 Å². The van der Waals surface area contributed by atoms with Gasteiger partial charge >= 0.3 is 0 Å².